The van der Waals surface area contributed by atoms with Crippen LogP contribution in [0.1, 0.15) is 29.8 Å². The molecular weight excluding hydrogens is 220 g/mol. The largest absolute Gasteiger partial charge is 0.327 e. The SMILES string of the molecule is COC12OC(C(=O)c3ccccc31)C(C)(C)O2. The molecule has 0 amide bonds. The molecule has 4 heteroatoms. The highest BCUT2D eigenvalue weighted by atomic mass is 16.9. The number of benzene rings is 1. The molecule has 2 unspecified atom stereocenters. The van der Waals surface area contributed by atoms with Crippen molar-refractivity contribution in [2.45, 2.75) is 31.5 Å². The zero-order chi connectivity index (χ0) is 12.3. The van der Waals surface area contributed by atoms with Gasteiger partial charge in [0.25, 0.3) is 0 Å². The van der Waals surface area contributed by atoms with Gasteiger partial charge in [-0.3, -0.25) is 4.79 Å². The molecule has 1 fully saturated rings. The molecule has 1 aromatic carbocycles. The predicted molar refractivity (Wildman–Crippen MR) is 59.5 cm³/mol. The van der Waals surface area contributed by atoms with Gasteiger partial charge < -0.3 is 14.2 Å². The predicted octanol–water partition coefficient (Wildman–Crippen LogP) is 1.83. The van der Waals surface area contributed by atoms with E-state index < -0.39 is 17.7 Å². The molecular formula is C13H14O4. The molecule has 3 rings (SSSR count). The Morgan fingerprint density at radius 1 is 1.29 bits per heavy atom. The third kappa shape index (κ3) is 1.26. The zero-order valence-electron chi connectivity index (χ0n) is 10.0. The van der Waals surface area contributed by atoms with Gasteiger partial charge in [0.05, 0.1) is 5.56 Å². The van der Waals surface area contributed by atoms with E-state index in [0.717, 1.165) is 0 Å². The van der Waals surface area contributed by atoms with Crippen LogP contribution in [-0.4, -0.2) is 24.6 Å². The summed E-state index contributed by atoms with van der Waals surface area (Å²) in [7, 11) is 1.52. The third-order valence-corrected chi connectivity index (χ3v) is 3.33. The lowest BCUT2D eigenvalue weighted by Gasteiger charge is -2.30. The minimum atomic E-state index is -1.24. The monoisotopic (exact) mass is 234 g/mol. The Hall–Kier alpha value is -1.23. The van der Waals surface area contributed by atoms with Crippen LogP contribution in [0.5, 0.6) is 0 Å². The lowest BCUT2D eigenvalue weighted by Crippen LogP contribution is -2.41. The molecule has 0 N–H and O–H groups in total. The molecule has 2 atom stereocenters. The van der Waals surface area contributed by atoms with E-state index in [4.69, 9.17) is 14.2 Å². The highest BCUT2D eigenvalue weighted by Crippen LogP contribution is 2.49. The Bertz CT molecular complexity index is 494. The molecule has 90 valence electrons. The van der Waals surface area contributed by atoms with Crippen LogP contribution < -0.4 is 0 Å². The van der Waals surface area contributed by atoms with Gasteiger partial charge in [0.2, 0.25) is 0 Å². The summed E-state index contributed by atoms with van der Waals surface area (Å²) in [5, 5.41) is 0. The molecule has 0 radical (unpaired) electrons. The van der Waals surface area contributed by atoms with E-state index in [-0.39, 0.29) is 5.78 Å². The van der Waals surface area contributed by atoms with Crippen LogP contribution in [0, 0.1) is 0 Å². The third-order valence-electron chi connectivity index (χ3n) is 3.33. The number of ketones is 1. The van der Waals surface area contributed by atoms with Crippen LogP contribution in [0.3, 0.4) is 0 Å². The molecule has 2 aliphatic heterocycles. The fraction of sp³-hybridized carbons (Fsp3) is 0.462. The van der Waals surface area contributed by atoms with Crippen molar-refractivity contribution in [2.24, 2.45) is 0 Å². The molecule has 0 saturated carbocycles. The molecule has 0 aliphatic carbocycles. The van der Waals surface area contributed by atoms with Crippen LogP contribution in [0.4, 0.5) is 0 Å². The van der Waals surface area contributed by atoms with E-state index in [1.54, 1.807) is 12.1 Å². The Balaban J connectivity index is 2.25. The maximum atomic E-state index is 12.3. The fourth-order valence-corrected chi connectivity index (χ4v) is 2.51. The van der Waals surface area contributed by atoms with Crippen LogP contribution in [0.25, 0.3) is 0 Å². The zero-order valence-corrected chi connectivity index (χ0v) is 10.0. The van der Waals surface area contributed by atoms with Crippen molar-refractivity contribution in [1.29, 1.82) is 0 Å². The van der Waals surface area contributed by atoms with Crippen LogP contribution in [0.15, 0.2) is 24.3 Å². The minimum absolute atomic E-state index is 0.0456. The smallest absolute Gasteiger partial charge is 0.313 e. The lowest BCUT2D eigenvalue weighted by atomic mass is 9.91. The summed E-state index contributed by atoms with van der Waals surface area (Å²) in [6, 6.07) is 7.25. The van der Waals surface area contributed by atoms with Crippen LogP contribution in [0.2, 0.25) is 0 Å². The lowest BCUT2D eigenvalue weighted by molar-refractivity contribution is -0.349. The first-order chi connectivity index (χ1) is 8.00. The first-order valence-corrected chi connectivity index (χ1v) is 5.57. The Morgan fingerprint density at radius 2 is 2.00 bits per heavy atom. The summed E-state index contributed by atoms with van der Waals surface area (Å²) in [5.41, 5.74) is 0.581. The van der Waals surface area contributed by atoms with E-state index in [1.165, 1.54) is 7.11 Å². The standard InChI is InChI=1S/C13H14O4/c1-12(2)11-10(14)8-6-4-5-7-9(8)13(15-3,16-11)17-12/h4-7,11H,1-3H3. The first kappa shape index (κ1) is 10.9. The van der Waals surface area contributed by atoms with Crippen molar-refractivity contribution in [3.8, 4) is 0 Å². The maximum absolute atomic E-state index is 12.3. The van der Waals surface area contributed by atoms with E-state index in [1.807, 2.05) is 26.0 Å². The van der Waals surface area contributed by atoms with Crippen molar-refractivity contribution in [1.82, 2.24) is 0 Å². The van der Waals surface area contributed by atoms with E-state index in [2.05, 4.69) is 0 Å². The quantitative estimate of drug-likeness (QED) is 0.743. The van der Waals surface area contributed by atoms with Crippen molar-refractivity contribution < 1.29 is 19.0 Å². The van der Waals surface area contributed by atoms with E-state index in [9.17, 15) is 4.79 Å². The summed E-state index contributed by atoms with van der Waals surface area (Å²) in [5.74, 6) is -1.28. The molecule has 1 saturated heterocycles. The number of carbonyl (C=O) groups excluding carboxylic acids is 1. The van der Waals surface area contributed by atoms with Gasteiger partial charge in [0, 0.05) is 12.7 Å². The minimum Gasteiger partial charge on any atom is -0.327 e. The summed E-state index contributed by atoms with van der Waals surface area (Å²) < 4.78 is 16.9. The normalized spacial score (nSPS) is 33.6. The van der Waals surface area contributed by atoms with Crippen molar-refractivity contribution in [3.05, 3.63) is 35.4 Å². The highest BCUT2D eigenvalue weighted by Gasteiger charge is 2.61. The van der Waals surface area contributed by atoms with E-state index in [0.29, 0.717) is 11.1 Å². The van der Waals surface area contributed by atoms with Crippen molar-refractivity contribution in [2.75, 3.05) is 7.11 Å². The Kier molecular flexibility index (Phi) is 2.03. The van der Waals surface area contributed by atoms with Gasteiger partial charge in [-0.1, -0.05) is 24.3 Å². The second-order valence-corrected chi connectivity index (χ2v) is 4.87. The number of hydrogen-bond acceptors (Lipinski definition) is 4. The van der Waals surface area contributed by atoms with Crippen LogP contribution in [-0.2, 0) is 20.2 Å². The van der Waals surface area contributed by atoms with Gasteiger partial charge in [-0.25, -0.2) is 0 Å². The number of carbonyl (C=O) groups is 1. The van der Waals surface area contributed by atoms with Gasteiger partial charge in [-0.15, -0.1) is 0 Å². The Labute approximate surface area is 99.5 Å². The average molecular weight is 234 g/mol. The summed E-state index contributed by atoms with van der Waals surface area (Å²) in [4.78, 5) is 12.3. The van der Waals surface area contributed by atoms with E-state index >= 15 is 0 Å². The number of Topliss-reactive ketones (excluding diaryl/α,β-unsaturated/α-hetero) is 1. The number of rotatable bonds is 1. The van der Waals surface area contributed by atoms with Gasteiger partial charge in [-0.05, 0) is 13.8 Å². The summed E-state index contributed by atoms with van der Waals surface area (Å²) in [6.07, 6.45) is -0.614. The number of ether oxygens (including phenoxy) is 3. The second kappa shape index (κ2) is 3.16. The van der Waals surface area contributed by atoms with Gasteiger partial charge in [-0.2, -0.15) is 0 Å². The van der Waals surface area contributed by atoms with Gasteiger partial charge in [0.15, 0.2) is 11.9 Å². The first-order valence-electron chi connectivity index (χ1n) is 5.57. The second-order valence-electron chi connectivity index (χ2n) is 4.87. The summed E-state index contributed by atoms with van der Waals surface area (Å²) >= 11 is 0. The average Bonchev–Trinajstić information content (AvgIpc) is 2.57. The molecule has 2 heterocycles. The van der Waals surface area contributed by atoms with Crippen LogP contribution >= 0.6 is 0 Å². The molecule has 2 bridgehead atoms. The number of hydrogen-bond donors (Lipinski definition) is 0. The maximum Gasteiger partial charge on any atom is 0.313 e. The summed E-state index contributed by atoms with van der Waals surface area (Å²) in [6.45, 7) is 3.67. The fourth-order valence-electron chi connectivity index (χ4n) is 2.51. The number of fused-ring (bicyclic) bond motifs is 4. The highest BCUT2D eigenvalue weighted by molar-refractivity contribution is 6.03. The molecule has 17 heavy (non-hydrogen) atoms. The molecule has 0 aromatic heterocycles. The molecule has 4 nitrogen and oxygen atoms in total. The molecule has 2 aliphatic rings. The van der Waals surface area contributed by atoms with Gasteiger partial charge >= 0.3 is 5.97 Å². The van der Waals surface area contributed by atoms with Crippen molar-refractivity contribution >= 4 is 5.78 Å². The van der Waals surface area contributed by atoms with Crippen molar-refractivity contribution in [3.63, 3.8) is 0 Å². The number of methoxy groups -OCH3 is 1. The molecule has 0 spiro atoms. The molecule has 1 aromatic rings. The Morgan fingerprint density at radius 3 is 2.71 bits per heavy atom. The van der Waals surface area contributed by atoms with Gasteiger partial charge in [0.1, 0.15) is 5.60 Å². The topological polar surface area (TPSA) is 44.8 Å².